The van der Waals surface area contributed by atoms with Crippen LogP contribution in [0.2, 0.25) is 0 Å². The Kier molecular flexibility index (Phi) is 32.7. The molecule has 37 heteroatoms. The van der Waals surface area contributed by atoms with Crippen molar-refractivity contribution in [1.29, 1.82) is 0 Å². The summed E-state index contributed by atoms with van der Waals surface area (Å²) in [6.07, 6.45) is -38.3. The average molecular weight is 1740 g/mol. The van der Waals surface area contributed by atoms with Crippen molar-refractivity contribution in [3.05, 3.63) is 11.6 Å². The minimum absolute atomic E-state index is 0.0223. The van der Waals surface area contributed by atoms with Crippen LogP contribution in [-0.2, 0) is 85.6 Å². The van der Waals surface area contributed by atoms with E-state index in [0.717, 1.165) is 44.0 Å². The van der Waals surface area contributed by atoms with Crippen molar-refractivity contribution in [2.24, 2.45) is 50.2 Å². The van der Waals surface area contributed by atoms with Crippen LogP contribution < -0.4 is 10.6 Å². The zero-order valence-electron chi connectivity index (χ0n) is 71.2. The lowest BCUT2D eigenvalue weighted by atomic mass is 9.33. The first-order valence-corrected chi connectivity index (χ1v) is 43.8. The zero-order valence-corrected chi connectivity index (χ0v) is 71.2. The number of aliphatic carboxylic acids is 1. The van der Waals surface area contributed by atoms with Crippen molar-refractivity contribution in [2.75, 3.05) is 33.5 Å². The summed E-state index contributed by atoms with van der Waals surface area (Å²) in [5, 5.41) is 196. The van der Waals surface area contributed by atoms with E-state index in [1.807, 2.05) is 0 Å². The van der Waals surface area contributed by atoms with Crippen molar-refractivity contribution in [1.82, 2.24) is 10.6 Å². The number of allylic oxidation sites excluding steroid dienone is 2. The van der Waals surface area contributed by atoms with E-state index < -0.39 is 278 Å². The molecule has 11 rings (SSSR count). The van der Waals surface area contributed by atoms with Crippen LogP contribution in [0.5, 0.6) is 0 Å². The highest BCUT2D eigenvalue weighted by atomic mass is 16.8. The molecular weight excluding hydrogens is 1600 g/mol. The Morgan fingerprint density at radius 1 is 0.554 bits per heavy atom. The van der Waals surface area contributed by atoms with Crippen LogP contribution in [0.4, 0.5) is 0 Å². The first-order valence-electron chi connectivity index (χ1n) is 43.8. The standard InChI is InChI=1S/C84H138N2O35/c1-11-12-13-14-15-16-17-18-19-20-21-22-51(92)85-32-27-43(71(106)107)86-70(105)66-63(104)65(116-72-60(101)54(95)44(90)37-110-72)69(120-74-62(103)58(99)56(97)46(36-88)114-74)77(117-66)115-50-26-28-80(6)47(81(50,7)38-89)25-29-82(8)48(80)24-23-41-42-33-79(4,5)30-31-84(42,49(91)34-83(41,82)9)78(108)121-75-67(59(100)52(93)39(2)111-75)118-76-68(64(109-10)53(94)40(3)112-76)119-73-61(102)57(98)55(96)45(35-87)113-73/h23,38-40,42-50,52-69,72-77,87-88,90-91,93-104H,11-22,24-37H2,1-10H3,(H,85,92)(H,86,105)(H,106,107)/t39?,40?,42?,43-,44?,45?,46?,47?,48?,49+,50-,52?,53?,54?,55?,56?,57?,58?,59?,60?,61?,62?,63?,64?,65?,66?,67?,68?,69?,72?,73?,74?,75?,76?,77?,80-,81-,82+,83+,84+/m0/s1. The Morgan fingerprint density at radius 2 is 1.11 bits per heavy atom. The normalized spacial score (nSPS) is 46.9. The van der Waals surface area contributed by atoms with Gasteiger partial charge in [0.05, 0.1) is 49.7 Å². The summed E-state index contributed by atoms with van der Waals surface area (Å²) in [5.74, 6) is -5.59. The first kappa shape index (κ1) is 97.8. The predicted molar refractivity (Wildman–Crippen MR) is 417 cm³/mol. The van der Waals surface area contributed by atoms with Gasteiger partial charge >= 0.3 is 11.9 Å². The molecule has 6 aliphatic heterocycles. The SMILES string of the molecule is CCCCCCCCCCCCCC(=O)NCC[C@H](NC(=O)C1OC(O[C@H]2CC[C@@]3(C)C(CC[C@]4(C)C3CC=C3C5CC(C)(C)CC[C@]5(C(=O)OC5OC(C)C(O)C(O)C5OC5OC(C)C(O)C(OC)C5OC5OC(CO)C(O)C(O)C5O)[C@H](O)C[C@]34C)[C@]2(C)C=O)C(OC2OC(CO)C(O)C(O)C2O)C(OC2OCC(O)C(O)C2O)C1O)C(=O)O. The molecule has 4 saturated carbocycles. The molecule has 0 spiro atoms. The second-order valence-corrected chi connectivity index (χ2v) is 37.9. The third-order valence-electron chi connectivity index (χ3n) is 29.8. The van der Waals surface area contributed by atoms with Crippen molar-refractivity contribution in [3.8, 4) is 0 Å². The predicted octanol–water partition coefficient (Wildman–Crippen LogP) is -1.10. The third kappa shape index (κ3) is 19.6. The van der Waals surface area contributed by atoms with E-state index >= 15 is 4.79 Å². The van der Waals surface area contributed by atoms with Crippen molar-refractivity contribution in [2.45, 2.75) is 400 Å². The Bertz CT molecular complexity index is 3460. The molecule has 694 valence electrons. The minimum atomic E-state index is -2.31. The topological polar surface area (TPSA) is 573 Å². The minimum Gasteiger partial charge on any atom is -0.480 e. The summed E-state index contributed by atoms with van der Waals surface area (Å²) < 4.78 is 80.5. The van der Waals surface area contributed by atoms with Gasteiger partial charge in [-0.15, -0.1) is 0 Å². The average Bonchev–Trinajstić information content (AvgIpc) is 0.669. The maximum atomic E-state index is 16.0. The second-order valence-electron chi connectivity index (χ2n) is 37.9. The van der Waals surface area contributed by atoms with Crippen LogP contribution in [0.25, 0.3) is 0 Å². The molecule has 40 atom stereocenters. The number of carbonyl (C=O) groups is 5. The van der Waals surface area contributed by atoms with E-state index in [0.29, 0.717) is 44.9 Å². The van der Waals surface area contributed by atoms with Gasteiger partial charge in [-0.1, -0.05) is 124 Å². The molecule has 0 radical (unpaired) electrons. The number of ether oxygens (including phenoxy) is 13. The highest BCUT2D eigenvalue weighted by Gasteiger charge is 2.73. The van der Waals surface area contributed by atoms with E-state index in [4.69, 9.17) is 61.6 Å². The van der Waals surface area contributed by atoms with Gasteiger partial charge in [0.15, 0.2) is 43.7 Å². The molecule has 0 bridgehead atoms. The number of carbonyl (C=O) groups excluding carboxylic acids is 4. The van der Waals surface area contributed by atoms with Crippen LogP contribution in [0.1, 0.15) is 204 Å². The van der Waals surface area contributed by atoms with Gasteiger partial charge in [-0.2, -0.15) is 0 Å². The van der Waals surface area contributed by atoms with Gasteiger partial charge in [0.2, 0.25) is 12.2 Å². The number of nitrogens with one attached hydrogen (secondary N) is 2. The molecule has 10 fully saturated rings. The van der Waals surface area contributed by atoms with Crippen LogP contribution >= 0.6 is 0 Å². The fraction of sp³-hybridized carbons (Fsp3) is 0.917. The fourth-order valence-electron chi connectivity index (χ4n) is 22.2. The van der Waals surface area contributed by atoms with E-state index in [2.05, 4.69) is 58.3 Å². The third-order valence-corrected chi connectivity index (χ3v) is 29.8. The summed E-state index contributed by atoms with van der Waals surface area (Å²) >= 11 is 0. The van der Waals surface area contributed by atoms with Crippen LogP contribution in [-0.4, -0.2) is 347 Å². The largest absolute Gasteiger partial charge is 0.480 e. The van der Waals surface area contributed by atoms with Crippen molar-refractivity contribution in [3.63, 3.8) is 0 Å². The second kappa shape index (κ2) is 40.5. The number of carboxylic acids is 1. The van der Waals surface area contributed by atoms with Crippen molar-refractivity contribution >= 4 is 30.0 Å². The van der Waals surface area contributed by atoms with E-state index in [1.165, 1.54) is 53.1 Å². The number of unbranched alkanes of at least 4 members (excludes halogenated alkanes) is 10. The number of amides is 2. The van der Waals surface area contributed by atoms with Gasteiger partial charge in [0.1, 0.15) is 134 Å². The number of carboxylic acid groups (broad SMARTS) is 1. The Balaban J connectivity index is 0.857. The molecule has 11 aliphatic rings. The van der Waals surface area contributed by atoms with Gasteiger partial charge in [-0.3, -0.25) is 14.4 Å². The van der Waals surface area contributed by atoms with Gasteiger partial charge < -0.3 is 164 Å². The quantitative estimate of drug-likeness (QED) is 0.0119. The molecule has 0 aromatic carbocycles. The number of hydrogen-bond acceptors (Lipinski definition) is 34. The molecule has 37 nitrogen and oxygen atoms in total. The van der Waals surface area contributed by atoms with Crippen LogP contribution in [0.3, 0.4) is 0 Å². The number of methoxy groups -OCH3 is 1. The summed E-state index contributed by atoms with van der Waals surface area (Å²) in [6, 6.07) is -1.74. The highest BCUT2D eigenvalue weighted by Crippen LogP contribution is 2.76. The number of aliphatic hydroxyl groups excluding tert-OH is 16. The molecular formula is C84H138N2O35. The summed E-state index contributed by atoms with van der Waals surface area (Å²) in [7, 11) is 1.23. The maximum absolute atomic E-state index is 16.0. The Morgan fingerprint density at radius 3 is 1.69 bits per heavy atom. The number of esters is 1. The van der Waals surface area contributed by atoms with Crippen molar-refractivity contribution < 1.29 is 172 Å². The van der Waals surface area contributed by atoms with Gasteiger partial charge in [0, 0.05) is 20.1 Å². The lowest BCUT2D eigenvalue weighted by Crippen LogP contribution is -2.70. The number of hydrogen-bond donors (Lipinski definition) is 19. The highest BCUT2D eigenvalue weighted by molar-refractivity contribution is 5.87. The molecule has 32 unspecified atom stereocenters. The molecule has 0 aromatic rings. The lowest BCUT2D eigenvalue weighted by Gasteiger charge is -2.71. The van der Waals surface area contributed by atoms with Gasteiger partial charge in [-0.25, -0.2) is 4.79 Å². The van der Waals surface area contributed by atoms with Crippen LogP contribution in [0.15, 0.2) is 11.6 Å². The molecule has 19 N–H and O–H groups in total. The molecule has 6 saturated heterocycles. The Hall–Kier alpha value is -3.83. The summed E-state index contributed by atoms with van der Waals surface area (Å²) in [5.41, 5.74) is -5.08. The maximum Gasteiger partial charge on any atom is 0.326 e. The van der Waals surface area contributed by atoms with E-state index in [9.17, 15) is 106 Å². The smallest absolute Gasteiger partial charge is 0.326 e. The van der Waals surface area contributed by atoms with E-state index in [-0.39, 0.29) is 50.5 Å². The Labute approximate surface area is 705 Å². The first-order chi connectivity index (χ1) is 57.2. The number of fused-ring (bicyclic) bond motifs is 7. The van der Waals surface area contributed by atoms with Gasteiger partial charge in [-0.05, 0) is 124 Å². The van der Waals surface area contributed by atoms with E-state index in [1.54, 1.807) is 6.92 Å². The molecule has 121 heavy (non-hydrogen) atoms. The number of aldehydes is 1. The summed E-state index contributed by atoms with van der Waals surface area (Å²) in [6.45, 7) is 14.7. The lowest BCUT2D eigenvalue weighted by molar-refractivity contribution is -0.391. The summed E-state index contributed by atoms with van der Waals surface area (Å²) in [4.78, 5) is 71.6. The monoisotopic (exact) mass is 1730 g/mol. The number of aliphatic hydroxyl groups is 16. The van der Waals surface area contributed by atoms with Gasteiger partial charge in [0.25, 0.3) is 5.91 Å². The molecule has 0 aromatic heterocycles. The fourth-order valence-corrected chi connectivity index (χ4v) is 22.2. The number of rotatable bonds is 34. The molecule has 2 amide bonds. The molecule has 6 heterocycles. The van der Waals surface area contributed by atoms with Crippen LogP contribution in [0, 0.1) is 50.2 Å². The molecule has 5 aliphatic carbocycles. The zero-order chi connectivity index (χ0) is 88.5.